The minimum absolute atomic E-state index is 0.0435. The maximum Gasteiger partial charge on any atom is 0.305 e. The molecular formula is C15H20O4. The number of carboxylic acid groups (broad SMARTS) is 1. The van der Waals surface area contributed by atoms with Gasteiger partial charge in [0.1, 0.15) is 0 Å². The minimum Gasteiger partial charge on any atom is -0.481 e. The van der Waals surface area contributed by atoms with Crippen LogP contribution in [0.2, 0.25) is 0 Å². The van der Waals surface area contributed by atoms with E-state index >= 15 is 0 Å². The van der Waals surface area contributed by atoms with Crippen molar-refractivity contribution in [2.45, 2.75) is 25.6 Å². The third-order valence-electron chi connectivity index (χ3n) is 2.76. The summed E-state index contributed by atoms with van der Waals surface area (Å²) in [6, 6.07) is 9.78. The van der Waals surface area contributed by atoms with E-state index in [0.29, 0.717) is 19.6 Å². The number of aliphatic carboxylic acids is 1. The fourth-order valence-corrected chi connectivity index (χ4v) is 1.77. The van der Waals surface area contributed by atoms with E-state index in [4.69, 9.17) is 9.84 Å². The number of aliphatic hydroxyl groups excluding tert-OH is 1. The standard InChI is InChI=1S/C15H20O4/c1-2-12(8-14(16)9-15(17)18)10-19-11-13-6-4-3-5-7-13/h2-7,12,14,16H,1,8-11H2,(H,17,18). The van der Waals surface area contributed by atoms with Crippen molar-refractivity contribution in [3.05, 3.63) is 48.6 Å². The highest BCUT2D eigenvalue weighted by Gasteiger charge is 2.15. The second-order valence-electron chi connectivity index (χ2n) is 4.48. The fraction of sp³-hybridized carbons (Fsp3) is 0.400. The number of carboxylic acids is 1. The smallest absolute Gasteiger partial charge is 0.305 e. The zero-order valence-electron chi connectivity index (χ0n) is 10.9. The molecule has 2 atom stereocenters. The lowest BCUT2D eigenvalue weighted by molar-refractivity contribution is -0.139. The zero-order valence-corrected chi connectivity index (χ0v) is 10.9. The van der Waals surface area contributed by atoms with E-state index < -0.39 is 12.1 Å². The highest BCUT2D eigenvalue weighted by atomic mass is 16.5. The highest BCUT2D eigenvalue weighted by molar-refractivity contribution is 5.67. The Kier molecular flexibility index (Phi) is 6.85. The van der Waals surface area contributed by atoms with Crippen molar-refractivity contribution in [2.75, 3.05) is 6.61 Å². The summed E-state index contributed by atoms with van der Waals surface area (Å²) in [5.74, 6) is -1.04. The SMILES string of the molecule is C=CC(COCc1ccccc1)CC(O)CC(=O)O. The molecule has 0 fully saturated rings. The minimum atomic E-state index is -1.000. The van der Waals surface area contributed by atoms with Gasteiger partial charge in [-0.2, -0.15) is 0 Å². The number of ether oxygens (including phenoxy) is 1. The average Bonchev–Trinajstić information content (AvgIpc) is 2.38. The normalized spacial score (nSPS) is 13.7. The molecule has 0 saturated heterocycles. The molecule has 0 radical (unpaired) electrons. The van der Waals surface area contributed by atoms with Crippen molar-refractivity contribution in [1.82, 2.24) is 0 Å². The molecule has 19 heavy (non-hydrogen) atoms. The van der Waals surface area contributed by atoms with Crippen molar-refractivity contribution in [3.63, 3.8) is 0 Å². The number of hydrogen-bond donors (Lipinski definition) is 2. The molecule has 0 aliphatic heterocycles. The maximum atomic E-state index is 10.5. The Balaban J connectivity index is 2.29. The first kappa shape index (κ1) is 15.4. The number of hydrogen-bond acceptors (Lipinski definition) is 3. The van der Waals surface area contributed by atoms with Crippen LogP contribution in [0.5, 0.6) is 0 Å². The number of benzene rings is 1. The second-order valence-corrected chi connectivity index (χ2v) is 4.48. The van der Waals surface area contributed by atoms with Crippen LogP contribution >= 0.6 is 0 Å². The van der Waals surface area contributed by atoms with Gasteiger partial charge in [0.05, 0.1) is 25.7 Å². The molecule has 4 heteroatoms. The Hall–Kier alpha value is -1.65. The summed E-state index contributed by atoms with van der Waals surface area (Å²) in [7, 11) is 0. The summed E-state index contributed by atoms with van der Waals surface area (Å²) >= 11 is 0. The van der Waals surface area contributed by atoms with Crippen LogP contribution in [0.1, 0.15) is 18.4 Å². The van der Waals surface area contributed by atoms with Crippen molar-refractivity contribution < 1.29 is 19.7 Å². The van der Waals surface area contributed by atoms with Crippen LogP contribution < -0.4 is 0 Å². The topological polar surface area (TPSA) is 66.8 Å². The van der Waals surface area contributed by atoms with Gasteiger partial charge in [0, 0.05) is 5.92 Å². The number of aliphatic hydroxyl groups is 1. The lowest BCUT2D eigenvalue weighted by Crippen LogP contribution is -2.19. The largest absolute Gasteiger partial charge is 0.481 e. The quantitative estimate of drug-likeness (QED) is 0.671. The molecule has 0 bridgehead atoms. The van der Waals surface area contributed by atoms with Gasteiger partial charge >= 0.3 is 5.97 Å². The highest BCUT2D eigenvalue weighted by Crippen LogP contribution is 2.12. The molecule has 4 nitrogen and oxygen atoms in total. The van der Waals surface area contributed by atoms with E-state index in [9.17, 15) is 9.90 Å². The van der Waals surface area contributed by atoms with Gasteiger partial charge in [0.2, 0.25) is 0 Å². The Labute approximate surface area is 113 Å². The van der Waals surface area contributed by atoms with Crippen LogP contribution in [0.4, 0.5) is 0 Å². The summed E-state index contributed by atoms with van der Waals surface area (Å²) in [5, 5.41) is 18.1. The van der Waals surface area contributed by atoms with Crippen molar-refractivity contribution in [2.24, 2.45) is 5.92 Å². The van der Waals surface area contributed by atoms with Crippen LogP contribution in [0.3, 0.4) is 0 Å². The average molecular weight is 264 g/mol. The van der Waals surface area contributed by atoms with Gasteiger partial charge in [-0.25, -0.2) is 0 Å². The van der Waals surface area contributed by atoms with Gasteiger partial charge in [0.15, 0.2) is 0 Å². The van der Waals surface area contributed by atoms with Gasteiger partial charge in [-0.15, -0.1) is 6.58 Å². The molecule has 2 N–H and O–H groups in total. The summed E-state index contributed by atoms with van der Waals surface area (Å²) in [4.78, 5) is 10.5. The van der Waals surface area contributed by atoms with E-state index in [1.165, 1.54) is 0 Å². The van der Waals surface area contributed by atoms with E-state index in [0.717, 1.165) is 5.56 Å². The molecule has 2 unspecified atom stereocenters. The van der Waals surface area contributed by atoms with Gasteiger partial charge in [-0.05, 0) is 12.0 Å². The predicted molar refractivity (Wildman–Crippen MR) is 72.7 cm³/mol. The summed E-state index contributed by atoms with van der Waals surface area (Å²) in [5.41, 5.74) is 1.08. The third kappa shape index (κ3) is 6.74. The van der Waals surface area contributed by atoms with Gasteiger partial charge < -0.3 is 14.9 Å². The molecule has 0 aliphatic carbocycles. The van der Waals surface area contributed by atoms with Crippen LogP contribution in [-0.4, -0.2) is 28.9 Å². The molecule has 0 spiro atoms. The molecular weight excluding hydrogens is 244 g/mol. The third-order valence-corrected chi connectivity index (χ3v) is 2.76. The second kappa shape index (κ2) is 8.45. The van der Waals surface area contributed by atoms with Crippen molar-refractivity contribution in [1.29, 1.82) is 0 Å². The Morgan fingerprint density at radius 2 is 2.05 bits per heavy atom. The summed E-state index contributed by atoms with van der Waals surface area (Å²) < 4.78 is 5.55. The predicted octanol–water partition coefficient (Wildman–Crippen LogP) is 2.23. The van der Waals surface area contributed by atoms with E-state index in [1.54, 1.807) is 6.08 Å². The first-order valence-electron chi connectivity index (χ1n) is 6.26. The van der Waals surface area contributed by atoms with E-state index in [2.05, 4.69) is 6.58 Å². The molecule has 0 aromatic heterocycles. The summed E-state index contributed by atoms with van der Waals surface area (Å²) in [6.07, 6.45) is 0.935. The number of carbonyl (C=O) groups is 1. The van der Waals surface area contributed by atoms with Gasteiger partial charge in [-0.1, -0.05) is 36.4 Å². The maximum absolute atomic E-state index is 10.5. The summed E-state index contributed by atoms with van der Waals surface area (Å²) in [6.45, 7) is 4.61. The van der Waals surface area contributed by atoms with Crippen LogP contribution in [0, 0.1) is 5.92 Å². The van der Waals surface area contributed by atoms with Crippen LogP contribution in [-0.2, 0) is 16.1 Å². The Bertz CT molecular complexity index is 388. The zero-order chi connectivity index (χ0) is 14.1. The molecule has 0 aliphatic rings. The van der Waals surface area contributed by atoms with Gasteiger partial charge in [-0.3, -0.25) is 4.79 Å². The number of rotatable bonds is 9. The molecule has 1 rings (SSSR count). The van der Waals surface area contributed by atoms with Crippen molar-refractivity contribution in [3.8, 4) is 0 Å². The molecule has 0 heterocycles. The van der Waals surface area contributed by atoms with Crippen LogP contribution in [0.15, 0.2) is 43.0 Å². The first-order valence-corrected chi connectivity index (χ1v) is 6.26. The first-order chi connectivity index (χ1) is 9.11. The Morgan fingerprint density at radius 1 is 1.37 bits per heavy atom. The molecule has 1 aromatic carbocycles. The lowest BCUT2D eigenvalue weighted by atomic mass is 10.0. The molecule has 1 aromatic rings. The molecule has 104 valence electrons. The van der Waals surface area contributed by atoms with Crippen molar-refractivity contribution >= 4 is 5.97 Å². The van der Waals surface area contributed by atoms with E-state index in [1.807, 2.05) is 30.3 Å². The fourth-order valence-electron chi connectivity index (χ4n) is 1.77. The Morgan fingerprint density at radius 3 is 2.63 bits per heavy atom. The van der Waals surface area contributed by atoms with E-state index in [-0.39, 0.29) is 12.3 Å². The van der Waals surface area contributed by atoms with Gasteiger partial charge in [0.25, 0.3) is 0 Å². The molecule has 0 saturated carbocycles. The monoisotopic (exact) mass is 264 g/mol. The van der Waals surface area contributed by atoms with Crippen LogP contribution in [0.25, 0.3) is 0 Å². The lowest BCUT2D eigenvalue weighted by Gasteiger charge is -2.16. The molecule has 0 amide bonds.